The highest BCUT2D eigenvalue weighted by Gasteiger charge is 2.39. The number of nitrogens with zero attached hydrogens (tertiary/aromatic N) is 5. The van der Waals surface area contributed by atoms with Crippen molar-refractivity contribution in [3.8, 4) is 11.4 Å². The molecule has 1 aliphatic carbocycles. The average Bonchev–Trinajstić information content (AvgIpc) is 3.69. The van der Waals surface area contributed by atoms with Crippen molar-refractivity contribution < 1.29 is 23.1 Å². The lowest BCUT2D eigenvalue weighted by Crippen LogP contribution is -2.46. The molecule has 2 N–H and O–H groups in total. The van der Waals surface area contributed by atoms with Gasteiger partial charge in [0.05, 0.1) is 17.2 Å². The highest BCUT2D eigenvalue weighted by Crippen LogP contribution is 2.37. The van der Waals surface area contributed by atoms with Gasteiger partial charge in [0, 0.05) is 68.1 Å². The summed E-state index contributed by atoms with van der Waals surface area (Å²) in [5.74, 6) is 0.471. The van der Waals surface area contributed by atoms with Crippen molar-refractivity contribution in [1.82, 2.24) is 25.2 Å². The number of halogens is 3. The van der Waals surface area contributed by atoms with Crippen molar-refractivity contribution in [1.29, 1.82) is 0 Å². The maximum absolute atomic E-state index is 13.3. The molecule has 222 valence electrons. The lowest BCUT2D eigenvalue weighted by molar-refractivity contribution is -0.137. The van der Waals surface area contributed by atoms with Crippen molar-refractivity contribution in [2.45, 2.75) is 62.4 Å². The fourth-order valence-corrected chi connectivity index (χ4v) is 6.53. The molecule has 2 atom stereocenters. The molecular weight excluding hydrogens is 545 g/mol. The molecule has 4 heterocycles. The van der Waals surface area contributed by atoms with Crippen LogP contribution in [0.4, 0.5) is 18.9 Å². The Kier molecular flexibility index (Phi) is 7.89. The number of aromatic nitrogens is 3. The summed E-state index contributed by atoms with van der Waals surface area (Å²) in [6, 6.07) is 11.3. The van der Waals surface area contributed by atoms with Crippen LogP contribution in [0.15, 0.2) is 61.1 Å². The summed E-state index contributed by atoms with van der Waals surface area (Å²) in [5.41, 5.74) is 0.333. The van der Waals surface area contributed by atoms with E-state index in [2.05, 4.69) is 20.3 Å². The van der Waals surface area contributed by atoms with E-state index in [1.165, 1.54) is 12.1 Å². The zero-order chi connectivity index (χ0) is 29.3. The molecule has 11 heteroatoms. The van der Waals surface area contributed by atoms with Crippen LogP contribution >= 0.6 is 0 Å². The standard InChI is InChI=1S/C31H35F3N6O2/c32-31(33,34)23-3-1-4-26(17-23)39-15-9-22(19-39)29(41)40-16-10-25(20-40)38-24-7-11-30(42,12-8-24)27-6-5-21(18-37-27)28-35-13-2-14-36-28/h1-6,13-14,17-18,22,24-25,38,42H,7-12,15-16,19-20H2. The van der Waals surface area contributed by atoms with E-state index in [1.807, 2.05) is 21.9 Å². The number of hydrogen-bond acceptors (Lipinski definition) is 7. The lowest BCUT2D eigenvalue weighted by Gasteiger charge is -2.37. The summed E-state index contributed by atoms with van der Waals surface area (Å²) in [5, 5.41) is 15.1. The number of anilines is 1. The number of pyridine rings is 1. The first-order valence-electron chi connectivity index (χ1n) is 14.6. The highest BCUT2D eigenvalue weighted by molar-refractivity contribution is 5.80. The second kappa shape index (κ2) is 11.6. The third-order valence-electron chi connectivity index (χ3n) is 8.92. The number of benzene rings is 1. The van der Waals surface area contributed by atoms with Crippen molar-refractivity contribution >= 4 is 11.6 Å². The van der Waals surface area contributed by atoms with E-state index in [1.54, 1.807) is 30.7 Å². The molecule has 3 aliphatic rings. The summed E-state index contributed by atoms with van der Waals surface area (Å²) in [6.07, 6.45) is 5.00. The van der Waals surface area contributed by atoms with Gasteiger partial charge in [-0.1, -0.05) is 6.07 Å². The molecule has 1 aromatic carbocycles. The van der Waals surface area contributed by atoms with Crippen molar-refractivity contribution in [3.63, 3.8) is 0 Å². The monoisotopic (exact) mass is 580 g/mol. The minimum Gasteiger partial charge on any atom is -0.384 e. The second-order valence-electron chi connectivity index (χ2n) is 11.7. The average molecular weight is 581 g/mol. The Bertz CT molecular complexity index is 1380. The summed E-state index contributed by atoms with van der Waals surface area (Å²) >= 11 is 0. The number of nitrogens with one attached hydrogen (secondary N) is 1. The van der Waals surface area contributed by atoms with E-state index in [0.717, 1.165) is 30.9 Å². The van der Waals surface area contributed by atoms with Crippen LogP contribution in [0.1, 0.15) is 49.8 Å². The number of alkyl halides is 3. The molecule has 2 unspecified atom stereocenters. The Hall–Kier alpha value is -3.57. The molecule has 2 saturated heterocycles. The summed E-state index contributed by atoms with van der Waals surface area (Å²) in [7, 11) is 0. The van der Waals surface area contributed by atoms with Gasteiger partial charge in [-0.05, 0) is 74.9 Å². The Labute approximate surface area is 243 Å². The van der Waals surface area contributed by atoms with Crippen LogP contribution in [-0.4, -0.2) is 69.1 Å². The van der Waals surface area contributed by atoms with Gasteiger partial charge in [-0.3, -0.25) is 9.78 Å². The van der Waals surface area contributed by atoms with Crippen LogP contribution in [-0.2, 0) is 16.6 Å². The molecule has 1 amide bonds. The van der Waals surface area contributed by atoms with Crippen molar-refractivity contribution in [2.24, 2.45) is 5.92 Å². The van der Waals surface area contributed by atoms with E-state index in [4.69, 9.17) is 0 Å². The highest BCUT2D eigenvalue weighted by atomic mass is 19.4. The molecule has 6 rings (SSSR count). The minimum atomic E-state index is -4.39. The molecule has 3 aromatic rings. The Morgan fingerprint density at radius 1 is 0.929 bits per heavy atom. The molecule has 0 spiro atoms. The number of hydrogen-bond donors (Lipinski definition) is 2. The lowest BCUT2D eigenvalue weighted by atomic mass is 9.79. The number of rotatable bonds is 6. The topological polar surface area (TPSA) is 94.5 Å². The van der Waals surface area contributed by atoms with Gasteiger partial charge in [-0.15, -0.1) is 0 Å². The van der Waals surface area contributed by atoms with Gasteiger partial charge in [0.25, 0.3) is 0 Å². The van der Waals surface area contributed by atoms with E-state index in [9.17, 15) is 23.1 Å². The second-order valence-corrected chi connectivity index (χ2v) is 11.7. The molecule has 0 bridgehead atoms. The first-order chi connectivity index (χ1) is 20.2. The van der Waals surface area contributed by atoms with E-state index in [-0.39, 0.29) is 23.9 Å². The van der Waals surface area contributed by atoms with E-state index >= 15 is 0 Å². The smallest absolute Gasteiger partial charge is 0.384 e. The number of amides is 1. The van der Waals surface area contributed by atoms with Gasteiger partial charge < -0.3 is 20.2 Å². The Morgan fingerprint density at radius 3 is 2.43 bits per heavy atom. The molecule has 2 aliphatic heterocycles. The van der Waals surface area contributed by atoms with Crippen LogP contribution < -0.4 is 10.2 Å². The molecule has 42 heavy (non-hydrogen) atoms. The third kappa shape index (κ3) is 6.12. The van der Waals surface area contributed by atoms with Gasteiger partial charge in [-0.2, -0.15) is 13.2 Å². The quantitative estimate of drug-likeness (QED) is 0.446. The predicted octanol–water partition coefficient (Wildman–Crippen LogP) is 4.40. The summed E-state index contributed by atoms with van der Waals surface area (Å²) in [4.78, 5) is 30.1. The van der Waals surface area contributed by atoms with E-state index < -0.39 is 17.3 Å². The fraction of sp³-hybridized carbons (Fsp3) is 0.484. The molecule has 3 fully saturated rings. The zero-order valence-electron chi connectivity index (χ0n) is 23.3. The van der Waals surface area contributed by atoms with Crippen LogP contribution in [0.5, 0.6) is 0 Å². The third-order valence-corrected chi connectivity index (χ3v) is 8.92. The molecule has 0 radical (unpaired) electrons. The summed E-state index contributed by atoms with van der Waals surface area (Å²) in [6.45, 7) is 2.30. The molecule has 1 saturated carbocycles. The Morgan fingerprint density at radius 2 is 1.71 bits per heavy atom. The van der Waals surface area contributed by atoms with Crippen LogP contribution in [0.2, 0.25) is 0 Å². The maximum atomic E-state index is 13.3. The maximum Gasteiger partial charge on any atom is 0.416 e. The van der Waals surface area contributed by atoms with E-state index in [0.29, 0.717) is 62.6 Å². The number of aliphatic hydroxyl groups is 1. The van der Waals surface area contributed by atoms with Crippen LogP contribution in [0, 0.1) is 5.92 Å². The van der Waals surface area contributed by atoms with Crippen LogP contribution in [0.3, 0.4) is 0 Å². The van der Waals surface area contributed by atoms with Gasteiger partial charge in [-0.25, -0.2) is 9.97 Å². The van der Waals surface area contributed by atoms with Gasteiger partial charge in [0.1, 0.15) is 5.60 Å². The van der Waals surface area contributed by atoms with Crippen molar-refractivity contribution in [3.05, 3.63) is 72.3 Å². The van der Waals surface area contributed by atoms with Crippen LogP contribution in [0.25, 0.3) is 11.4 Å². The van der Waals surface area contributed by atoms with Gasteiger partial charge in [0.2, 0.25) is 5.91 Å². The number of carbonyl (C=O) groups excluding carboxylic acids is 1. The molecule has 8 nitrogen and oxygen atoms in total. The summed E-state index contributed by atoms with van der Waals surface area (Å²) < 4.78 is 39.4. The SMILES string of the molecule is O=C(C1CCN(c2cccc(C(F)(F)F)c2)C1)N1CCC(NC2CCC(O)(c3ccc(-c4ncccn4)cn3)CC2)C1. The minimum absolute atomic E-state index is 0.0854. The number of carbonyl (C=O) groups is 1. The molecule has 2 aromatic heterocycles. The zero-order valence-corrected chi connectivity index (χ0v) is 23.3. The fourth-order valence-electron chi connectivity index (χ4n) is 6.53. The van der Waals surface area contributed by atoms with Gasteiger partial charge >= 0.3 is 6.18 Å². The number of likely N-dealkylation sites (tertiary alicyclic amines) is 1. The first-order valence-corrected chi connectivity index (χ1v) is 14.6. The first kappa shape index (κ1) is 28.5. The molecular formula is C31H35F3N6O2. The van der Waals surface area contributed by atoms with Gasteiger partial charge in [0.15, 0.2) is 5.82 Å². The Balaban J connectivity index is 0.977. The van der Waals surface area contributed by atoms with Crippen molar-refractivity contribution in [2.75, 3.05) is 31.1 Å². The predicted molar refractivity (Wildman–Crippen MR) is 151 cm³/mol. The normalized spacial score (nSPS) is 26.5. The largest absolute Gasteiger partial charge is 0.416 e.